The quantitative estimate of drug-likeness (QED) is 0.868. The summed E-state index contributed by atoms with van der Waals surface area (Å²) in [6, 6.07) is 10.2. The molecule has 1 amide bonds. The number of aromatic nitrogens is 1. The number of nitrogens with zero attached hydrogens (tertiary/aromatic N) is 2. The van der Waals surface area contributed by atoms with E-state index in [0.717, 1.165) is 0 Å². The van der Waals surface area contributed by atoms with Gasteiger partial charge in [-0.1, -0.05) is 17.7 Å². The molecule has 1 aromatic carbocycles. The first kappa shape index (κ1) is 15.6. The third-order valence-electron chi connectivity index (χ3n) is 3.75. The number of carbonyl (C=O) groups excluding carboxylic acids is 1. The van der Waals surface area contributed by atoms with Crippen LogP contribution in [-0.4, -0.2) is 23.1 Å². The Hall–Kier alpha value is -2.27. The summed E-state index contributed by atoms with van der Waals surface area (Å²) in [5, 5.41) is 0.555. The van der Waals surface area contributed by atoms with E-state index >= 15 is 0 Å². The summed E-state index contributed by atoms with van der Waals surface area (Å²) < 4.78 is 7.27. The Morgan fingerprint density at radius 1 is 1.35 bits per heavy atom. The summed E-state index contributed by atoms with van der Waals surface area (Å²) >= 11 is 6.04. The molecule has 1 aliphatic rings. The van der Waals surface area contributed by atoms with Gasteiger partial charge >= 0.3 is 0 Å². The van der Waals surface area contributed by atoms with Crippen LogP contribution in [0, 0.1) is 0 Å². The highest BCUT2D eigenvalue weighted by Crippen LogP contribution is 2.35. The van der Waals surface area contributed by atoms with Gasteiger partial charge in [-0.3, -0.25) is 9.59 Å². The van der Waals surface area contributed by atoms with Crippen LogP contribution >= 0.6 is 11.6 Å². The third-order valence-corrected chi connectivity index (χ3v) is 3.98. The van der Waals surface area contributed by atoms with Crippen LogP contribution in [-0.2, 0) is 11.3 Å². The second-order valence-electron chi connectivity index (χ2n) is 5.53. The molecule has 0 saturated carbocycles. The van der Waals surface area contributed by atoms with Gasteiger partial charge in [0.2, 0.25) is 5.91 Å². The maximum atomic E-state index is 12.6. The lowest BCUT2D eigenvalue weighted by Gasteiger charge is -2.33. The first-order chi connectivity index (χ1) is 11.0. The number of carbonyl (C=O) groups is 1. The molecule has 120 valence electrons. The predicted octanol–water partition coefficient (Wildman–Crippen LogP) is 2.71. The minimum atomic E-state index is -0.112. The molecule has 2 heterocycles. The van der Waals surface area contributed by atoms with Crippen LogP contribution in [0.4, 0.5) is 5.69 Å². The molecular formula is C17H17ClN2O3. The number of anilines is 1. The third kappa shape index (κ3) is 3.40. The number of benzene rings is 1. The SMILES string of the molecule is C[C@H]1CN(C(=O)CCn2ccccc2=O)c2cc(Cl)ccc2O1. The number of hydrogen-bond acceptors (Lipinski definition) is 3. The van der Waals surface area contributed by atoms with Gasteiger partial charge in [0.1, 0.15) is 11.9 Å². The summed E-state index contributed by atoms with van der Waals surface area (Å²) in [6.45, 7) is 2.73. The summed E-state index contributed by atoms with van der Waals surface area (Å²) in [7, 11) is 0. The zero-order valence-electron chi connectivity index (χ0n) is 12.7. The van der Waals surface area contributed by atoms with Crippen LogP contribution in [0.1, 0.15) is 13.3 Å². The van der Waals surface area contributed by atoms with E-state index < -0.39 is 0 Å². The molecule has 2 aromatic rings. The lowest BCUT2D eigenvalue weighted by molar-refractivity contribution is -0.119. The lowest BCUT2D eigenvalue weighted by Crippen LogP contribution is -2.42. The van der Waals surface area contributed by atoms with Crippen molar-refractivity contribution in [3.8, 4) is 5.75 Å². The van der Waals surface area contributed by atoms with E-state index in [9.17, 15) is 9.59 Å². The zero-order chi connectivity index (χ0) is 16.4. The van der Waals surface area contributed by atoms with Gasteiger partial charge in [0.15, 0.2) is 0 Å². The molecule has 6 heteroatoms. The molecule has 0 saturated heterocycles. The number of amides is 1. The van der Waals surface area contributed by atoms with Crippen molar-refractivity contribution >= 4 is 23.2 Å². The van der Waals surface area contributed by atoms with Gasteiger partial charge in [-0.25, -0.2) is 0 Å². The Morgan fingerprint density at radius 2 is 2.17 bits per heavy atom. The molecule has 0 fully saturated rings. The molecule has 23 heavy (non-hydrogen) atoms. The molecule has 1 atom stereocenters. The summed E-state index contributed by atoms with van der Waals surface area (Å²) in [5.41, 5.74) is 0.570. The highest BCUT2D eigenvalue weighted by molar-refractivity contribution is 6.31. The van der Waals surface area contributed by atoms with Crippen LogP contribution in [0.15, 0.2) is 47.4 Å². The van der Waals surface area contributed by atoms with Crippen LogP contribution < -0.4 is 15.2 Å². The number of ether oxygens (including phenoxy) is 1. The molecule has 5 nitrogen and oxygen atoms in total. The second kappa shape index (κ2) is 6.46. The number of fused-ring (bicyclic) bond motifs is 1. The zero-order valence-corrected chi connectivity index (χ0v) is 13.5. The smallest absolute Gasteiger partial charge is 0.250 e. The first-order valence-corrected chi connectivity index (χ1v) is 7.84. The number of aryl methyl sites for hydroxylation is 1. The van der Waals surface area contributed by atoms with Gasteiger partial charge in [0, 0.05) is 30.3 Å². The molecular weight excluding hydrogens is 316 g/mol. The van der Waals surface area contributed by atoms with E-state index in [-0.39, 0.29) is 24.0 Å². The Bertz CT molecular complexity index is 787. The molecule has 0 unspecified atom stereocenters. The van der Waals surface area contributed by atoms with E-state index in [4.69, 9.17) is 16.3 Å². The van der Waals surface area contributed by atoms with Crippen molar-refractivity contribution in [1.82, 2.24) is 4.57 Å². The van der Waals surface area contributed by atoms with Crippen LogP contribution in [0.2, 0.25) is 5.02 Å². The van der Waals surface area contributed by atoms with Gasteiger partial charge in [-0.05, 0) is 31.2 Å². The van der Waals surface area contributed by atoms with Crippen molar-refractivity contribution in [1.29, 1.82) is 0 Å². The number of rotatable bonds is 3. The molecule has 0 spiro atoms. The molecule has 0 bridgehead atoms. The molecule has 0 aliphatic carbocycles. The standard InChI is InChI=1S/C17H17ClN2O3/c1-12-11-20(14-10-13(18)5-6-15(14)23-12)17(22)7-9-19-8-3-2-4-16(19)21/h2-6,8,10,12H,7,9,11H2,1H3/t12-/m0/s1. The topological polar surface area (TPSA) is 51.5 Å². The van der Waals surface area contributed by atoms with Gasteiger partial charge in [0.05, 0.1) is 12.2 Å². The average molecular weight is 333 g/mol. The Balaban J connectivity index is 1.79. The van der Waals surface area contributed by atoms with Crippen molar-refractivity contribution in [2.75, 3.05) is 11.4 Å². The van der Waals surface area contributed by atoms with Crippen LogP contribution in [0.5, 0.6) is 5.75 Å². The van der Waals surface area contributed by atoms with E-state index in [1.807, 2.05) is 6.92 Å². The van der Waals surface area contributed by atoms with E-state index in [1.54, 1.807) is 41.4 Å². The second-order valence-corrected chi connectivity index (χ2v) is 5.96. The minimum Gasteiger partial charge on any atom is -0.487 e. The number of halogens is 1. The van der Waals surface area contributed by atoms with Gasteiger partial charge in [-0.2, -0.15) is 0 Å². The number of hydrogen-bond donors (Lipinski definition) is 0. The first-order valence-electron chi connectivity index (χ1n) is 7.46. The predicted molar refractivity (Wildman–Crippen MR) is 89.2 cm³/mol. The monoisotopic (exact) mass is 332 g/mol. The largest absolute Gasteiger partial charge is 0.487 e. The Morgan fingerprint density at radius 3 is 2.96 bits per heavy atom. The number of pyridine rings is 1. The molecule has 0 N–H and O–H groups in total. The fourth-order valence-corrected chi connectivity index (χ4v) is 2.81. The van der Waals surface area contributed by atoms with Crippen molar-refractivity contribution in [3.05, 3.63) is 58.0 Å². The van der Waals surface area contributed by atoms with E-state index in [0.29, 0.717) is 29.5 Å². The maximum absolute atomic E-state index is 12.6. The fourth-order valence-electron chi connectivity index (χ4n) is 2.64. The molecule has 0 radical (unpaired) electrons. The van der Waals surface area contributed by atoms with Crippen LogP contribution in [0.3, 0.4) is 0 Å². The summed E-state index contributed by atoms with van der Waals surface area (Å²) in [5.74, 6) is 0.595. The van der Waals surface area contributed by atoms with Crippen molar-refractivity contribution in [3.63, 3.8) is 0 Å². The Kier molecular flexibility index (Phi) is 4.39. The van der Waals surface area contributed by atoms with Crippen molar-refractivity contribution in [2.24, 2.45) is 0 Å². The van der Waals surface area contributed by atoms with Crippen molar-refractivity contribution < 1.29 is 9.53 Å². The van der Waals surface area contributed by atoms with Gasteiger partial charge in [0.25, 0.3) is 5.56 Å². The molecule has 3 rings (SSSR count). The Labute approximate surface area is 139 Å². The van der Waals surface area contributed by atoms with Gasteiger partial charge < -0.3 is 14.2 Å². The summed E-state index contributed by atoms with van der Waals surface area (Å²) in [4.78, 5) is 26.0. The highest BCUT2D eigenvalue weighted by Gasteiger charge is 2.27. The normalized spacial score (nSPS) is 16.6. The summed E-state index contributed by atoms with van der Waals surface area (Å²) in [6.07, 6.45) is 1.83. The molecule has 1 aliphatic heterocycles. The maximum Gasteiger partial charge on any atom is 0.250 e. The highest BCUT2D eigenvalue weighted by atomic mass is 35.5. The average Bonchev–Trinajstić information content (AvgIpc) is 2.53. The van der Waals surface area contributed by atoms with Crippen LogP contribution in [0.25, 0.3) is 0 Å². The van der Waals surface area contributed by atoms with E-state index in [2.05, 4.69) is 0 Å². The lowest BCUT2D eigenvalue weighted by atomic mass is 10.2. The van der Waals surface area contributed by atoms with Gasteiger partial charge in [-0.15, -0.1) is 0 Å². The van der Waals surface area contributed by atoms with E-state index in [1.165, 1.54) is 10.6 Å². The minimum absolute atomic E-state index is 0.0561. The fraction of sp³-hybridized carbons (Fsp3) is 0.294. The van der Waals surface area contributed by atoms with Crippen molar-refractivity contribution in [2.45, 2.75) is 26.0 Å². The molecule has 1 aromatic heterocycles.